The van der Waals surface area contributed by atoms with Gasteiger partial charge in [-0.3, -0.25) is 9.89 Å². The van der Waals surface area contributed by atoms with E-state index in [9.17, 15) is 14.0 Å². The molecule has 1 aromatic heterocycles. The predicted molar refractivity (Wildman–Crippen MR) is 98.7 cm³/mol. The number of methoxy groups -OCH3 is 1. The zero-order valence-corrected chi connectivity index (χ0v) is 15.4. The number of aromatic nitrogens is 3. The number of H-pyrrole nitrogens is 1. The van der Waals surface area contributed by atoms with E-state index in [0.717, 1.165) is 0 Å². The quantitative estimate of drug-likeness (QED) is 0.597. The predicted octanol–water partition coefficient (Wildman–Crippen LogP) is 1.57. The fraction of sp³-hybridized carbons (Fsp3) is 0.444. The summed E-state index contributed by atoms with van der Waals surface area (Å²) in [4.78, 5) is 28.6. The molecule has 3 atom stereocenters. The monoisotopic (exact) mass is 390 g/mol. The van der Waals surface area contributed by atoms with Crippen LogP contribution in [0.3, 0.4) is 0 Å². The minimum Gasteiger partial charge on any atom is -0.379 e. The largest absolute Gasteiger partial charge is 0.379 e. The summed E-state index contributed by atoms with van der Waals surface area (Å²) in [5.41, 5.74) is 0.106. The molecule has 0 bridgehead atoms. The Morgan fingerprint density at radius 3 is 2.86 bits per heavy atom. The first-order chi connectivity index (χ1) is 13.6. The number of amides is 3. The molecular formula is C18H23FN6O3. The van der Waals surface area contributed by atoms with Crippen LogP contribution >= 0.6 is 0 Å². The van der Waals surface area contributed by atoms with Crippen LogP contribution in [0.4, 0.5) is 14.9 Å². The second-order valence-corrected chi connectivity index (χ2v) is 6.62. The molecule has 0 unspecified atom stereocenters. The third-order valence-corrected chi connectivity index (χ3v) is 4.80. The van der Waals surface area contributed by atoms with Gasteiger partial charge in [-0.15, -0.1) is 0 Å². The molecular weight excluding hydrogens is 367 g/mol. The van der Waals surface area contributed by atoms with E-state index >= 15 is 0 Å². The minimum atomic E-state index is -0.509. The Kier molecular flexibility index (Phi) is 6.53. The van der Waals surface area contributed by atoms with Gasteiger partial charge in [0.1, 0.15) is 18.0 Å². The number of nitrogens with one attached hydrogen (secondary N) is 4. The number of para-hydroxylation sites is 1. The second-order valence-electron chi connectivity index (χ2n) is 6.62. The number of aromatic amines is 1. The molecule has 1 aliphatic carbocycles. The number of rotatable bonds is 6. The van der Waals surface area contributed by atoms with Crippen molar-refractivity contribution in [2.45, 2.75) is 38.0 Å². The first-order valence-corrected chi connectivity index (χ1v) is 9.03. The van der Waals surface area contributed by atoms with Crippen molar-refractivity contribution in [3.63, 3.8) is 0 Å². The number of nitrogens with zero attached hydrogens (tertiary/aromatic N) is 2. The molecule has 1 heterocycles. The third-order valence-electron chi connectivity index (χ3n) is 4.80. The number of halogens is 1. The number of hydrogen-bond donors (Lipinski definition) is 4. The van der Waals surface area contributed by atoms with Gasteiger partial charge >= 0.3 is 6.03 Å². The van der Waals surface area contributed by atoms with Gasteiger partial charge in [-0.2, -0.15) is 5.10 Å². The summed E-state index contributed by atoms with van der Waals surface area (Å²) in [6, 6.07) is 5.17. The molecule has 28 heavy (non-hydrogen) atoms. The van der Waals surface area contributed by atoms with Crippen molar-refractivity contribution >= 4 is 17.6 Å². The zero-order chi connectivity index (χ0) is 19.9. The van der Waals surface area contributed by atoms with Gasteiger partial charge in [-0.05, 0) is 31.4 Å². The highest BCUT2D eigenvalue weighted by molar-refractivity contribution is 5.89. The van der Waals surface area contributed by atoms with E-state index in [0.29, 0.717) is 25.1 Å². The fourth-order valence-corrected chi connectivity index (χ4v) is 3.31. The Bertz CT molecular complexity index is 800. The lowest BCUT2D eigenvalue weighted by Gasteiger charge is -2.35. The summed E-state index contributed by atoms with van der Waals surface area (Å²) in [7, 11) is 1.54. The summed E-state index contributed by atoms with van der Waals surface area (Å²) in [6.45, 7) is 0.277. The SMILES string of the molecule is CO[C@@H]1C[C@@H](C(=O)NCc2ncn[nH]2)CC[C@H]1NC(=O)Nc1ccccc1F. The Morgan fingerprint density at radius 1 is 1.32 bits per heavy atom. The second kappa shape index (κ2) is 9.27. The topological polar surface area (TPSA) is 121 Å². The summed E-state index contributed by atoms with van der Waals surface area (Å²) in [5, 5.41) is 14.6. The van der Waals surface area contributed by atoms with E-state index in [2.05, 4.69) is 31.1 Å². The molecule has 4 N–H and O–H groups in total. The van der Waals surface area contributed by atoms with Crippen molar-refractivity contribution in [2.75, 3.05) is 12.4 Å². The van der Waals surface area contributed by atoms with Crippen molar-refractivity contribution in [1.82, 2.24) is 25.8 Å². The van der Waals surface area contributed by atoms with Crippen LogP contribution in [0.25, 0.3) is 0 Å². The maximum Gasteiger partial charge on any atom is 0.319 e. The molecule has 3 amide bonds. The maximum absolute atomic E-state index is 13.7. The molecule has 1 aromatic carbocycles. The minimum absolute atomic E-state index is 0.0901. The molecule has 0 saturated heterocycles. The van der Waals surface area contributed by atoms with E-state index in [1.165, 1.54) is 18.5 Å². The zero-order valence-electron chi connectivity index (χ0n) is 15.4. The number of carbonyl (C=O) groups is 2. The van der Waals surface area contributed by atoms with Crippen LogP contribution < -0.4 is 16.0 Å². The summed E-state index contributed by atoms with van der Waals surface area (Å²) >= 11 is 0. The molecule has 2 aromatic rings. The van der Waals surface area contributed by atoms with Crippen LogP contribution in [-0.4, -0.2) is 46.4 Å². The summed E-state index contributed by atoms with van der Waals surface area (Å²) in [6.07, 6.45) is 2.71. The van der Waals surface area contributed by atoms with Crippen molar-refractivity contribution in [2.24, 2.45) is 5.92 Å². The number of carbonyl (C=O) groups excluding carboxylic acids is 2. The van der Waals surface area contributed by atoms with Crippen molar-refractivity contribution in [3.05, 3.63) is 42.2 Å². The van der Waals surface area contributed by atoms with Crippen LogP contribution in [0.1, 0.15) is 25.1 Å². The first-order valence-electron chi connectivity index (χ1n) is 9.03. The molecule has 0 aliphatic heterocycles. The third kappa shape index (κ3) is 5.03. The van der Waals surface area contributed by atoms with Crippen LogP contribution in [0, 0.1) is 11.7 Å². The van der Waals surface area contributed by atoms with Crippen LogP contribution in [-0.2, 0) is 16.1 Å². The highest BCUT2D eigenvalue weighted by Crippen LogP contribution is 2.27. The van der Waals surface area contributed by atoms with E-state index in [1.807, 2.05) is 0 Å². The van der Waals surface area contributed by atoms with Crippen molar-refractivity contribution in [3.8, 4) is 0 Å². The highest BCUT2D eigenvalue weighted by Gasteiger charge is 2.35. The van der Waals surface area contributed by atoms with E-state index in [1.54, 1.807) is 19.2 Å². The lowest BCUT2D eigenvalue weighted by Crippen LogP contribution is -2.50. The van der Waals surface area contributed by atoms with Gasteiger partial charge in [0.15, 0.2) is 0 Å². The molecule has 1 saturated carbocycles. The van der Waals surface area contributed by atoms with Gasteiger partial charge in [0.2, 0.25) is 5.91 Å². The van der Waals surface area contributed by atoms with Crippen LogP contribution in [0.5, 0.6) is 0 Å². The lowest BCUT2D eigenvalue weighted by atomic mass is 9.83. The van der Waals surface area contributed by atoms with Crippen LogP contribution in [0.2, 0.25) is 0 Å². The standard InChI is InChI=1S/C18H23FN6O3/c1-28-15-8-11(17(26)20-9-16-21-10-22-25-16)6-7-14(15)24-18(27)23-13-5-3-2-4-12(13)19/h2-5,10-11,14-15H,6-9H2,1H3,(H,20,26)(H,21,22,25)(H2,23,24,27)/t11-,14+,15+/m0/s1. The maximum atomic E-state index is 13.7. The lowest BCUT2D eigenvalue weighted by molar-refractivity contribution is -0.128. The van der Waals surface area contributed by atoms with Crippen molar-refractivity contribution < 1.29 is 18.7 Å². The average Bonchev–Trinajstić information content (AvgIpc) is 3.22. The smallest absolute Gasteiger partial charge is 0.319 e. The van der Waals surface area contributed by atoms with Gasteiger partial charge in [0.05, 0.1) is 24.4 Å². The first kappa shape index (κ1) is 19.7. The molecule has 3 rings (SSSR count). The van der Waals surface area contributed by atoms with E-state index < -0.39 is 11.8 Å². The summed E-state index contributed by atoms with van der Waals surface area (Å²) < 4.78 is 19.1. The average molecular weight is 390 g/mol. The van der Waals surface area contributed by atoms with Gasteiger partial charge in [0.25, 0.3) is 0 Å². The fourth-order valence-electron chi connectivity index (χ4n) is 3.31. The Hall–Kier alpha value is -3.01. The number of benzene rings is 1. The molecule has 1 fully saturated rings. The number of anilines is 1. The Balaban J connectivity index is 1.50. The van der Waals surface area contributed by atoms with Crippen molar-refractivity contribution in [1.29, 1.82) is 0 Å². The van der Waals surface area contributed by atoms with E-state index in [4.69, 9.17) is 4.74 Å². The van der Waals surface area contributed by atoms with Gasteiger partial charge in [0, 0.05) is 13.0 Å². The molecule has 9 nitrogen and oxygen atoms in total. The molecule has 1 aliphatic rings. The van der Waals surface area contributed by atoms with Gasteiger partial charge in [-0.1, -0.05) is 12.1 Å². The van der Waals surface area contributed by atoms with Crippen LogP contribution in [0.15, 0.2) is 30.6 Å². The normalized spacial score (nSPS) is 21.7. The Morgan fingerprint density at radius 2 is 2.14 bits per heavy atom. The van der Waals surface area contributed by atoms with Gasteiger partial charge in [-0.25, -0.2) is 14.2 Å². The van der Waals surface area contributed by atoms with Gasteiger partial charge < -0.3 is 20.7 Å². The molecule has 0 spiro atoms. The molecule has 0 radical (unpaired) electrons. The summed E-state index contributed by atoms with van der Waals surface area (Å²) in [5.74, 6) is -0.238. The number of hydrogen-bond acceptors (Lipinski definition) is 5. The molecule has 150 valence electrons. The highest BCUT2D eigenvalue weighted by atomic mass is 19.1. The molecule has 10 heteroatoms. The van der Waals surface area contributed by atoms with E-state index in [-0.39, 0.29) is 36.2 Å². The Labute approximate surface area is 161 Å². The number of urea groups is 1. The number of ether oxygens (including phenoxy) is 1.